The first-order valence-electron chi connectivity index (χ1n) is 11.4. The smallest absolute Gasteiger partial charge is 0.180 e. The number of aromatic nitrogens is 2. The second kappa shape index (κ2) is 11.4. The van der Waals surface area contributed by atoms with E-state index in [9.17, 15) is 10.2 Å². The fourth-order valence-corrected chi connectivity index (χ4v) is 3.41. The molecule has 0 aliphatic heterocycles. The van der Waals surface area contributed by atoms with E-state index in [1.807, 2.05) is 67.1 Å². The van der Waals surface area contributed by atoms with Crippen molar-refractivity contribution in [3.8, 4) is 28.5 Å². The maximum absolute atomic E-state index is 9.57. The van der Waals surface area contributed by atoms with Crippen molar-refractivity contribution in [3.05, 3.63) is 59.8 Å². The molecule has 2 aromatic carbocycles. The highest BCUT2D eigenvalue weighted by Crippen LogP contribution is 2.32. The molecular weight excluding hydrogens is 436 g/mol. The first-order chi connectivity index (χ1) is 16.3. The molecule has 34 heavy (non-hydrogen) atoms. The molecule has 0 saturated heterocycles. The molecule has 0 aliphatic carbocycles. The third-order valence-electron chi connectivity index (χ3n) is 5.36. The molecule has 0 amide bonds. The average Bonchev–Trinajstić information content (AvgIpc) is 3.22. The predicted molar refractivity (Wildman–Crippen MR) is 129 cm³/mol. The van der Waals surface area contributed by atoms with Gasteiger partial charge in [-0.05, 0) is 52.0 Å². The zero-order valence-electron chi connectivity index (χ0n) is 20.4. The molecule has 8 heteroatoms. The molecule has 184 valence electrons. The van der Waals surface area contributed by atoms with E-state index in [4.69, 9.17) is 24.0 Å². The van der Waals surface area contributed by atoms with E-state index in [0.717, 1.165) is 22.6 Å². The van der Waals surface area contributed by atoms with E-state index in [2.05, 4.69) is 0 Å². The molecule has 0 unspecified atom stereocenters. The van der Waals surface area contributed by atoms with E-state index in [0.29, 0.717) is 37.0 Å². The van der Waals surface area contributed by atoms with Crippen molar-refractivity contribution < 1.29 is 29.2 Å². The number of hydrogen-bond acceptors (Lipinski definition) is 7. The van der Waals surface area contributed by atoms with Crippen LogP contribution in [-0.4, -0.2) is 52.2 Å². The molecule has 1 aromatic heterocycles. The zero-order chi connectivity index (χ0) is 24.7. The molecule has 0 spiro atoms. The molecule has 8 nitrogen and oxygen atoms in total. The summed E-state index contributed by atoms with van der Waals surface area (Å²) in [6, 6.07) is 15.5. The van der Waals surface area contributed by atoms with Crippen LogP contribution in [0.3, 0.4) is 0 Å². The lowest BCUT2D eigenvalue weighted by Gasteiger charge is -2.26. The Hall–Kier alpha value is -3.07. The standard InChI is InChI=1S/C26H34N2O6/c1-6-32-22-13-19(12-21(15-22)31-5)23-14-20(17-34-26(3,4)25(29)30)27-28(23)16-18-10-8-9-11-24(18)33-7-2/h8-15,25,29-30H,6-7,16-17H2,1-5H3. The number of para-hydroxylation sites is 1. The summed E-state index contributed by atoms with van der Waals surface area (Å²) in [5.74, 6) is 2.17. The molecule has 2 N–H and O–H groups in total. The summed E-state index contributed by atoms with van der Waals surface area (Å²) >= 11 is 0. The van der Waals surface area contributed by atoms with E-state index in [1.54, 1.807) is 21.0 Å². The van der Waals surface area contributed by atoms with Crippen LogP contribution in [0.2, 0.25) is 0 Å². The van der Waals surface area contributed by atoms with Gasteiger partial charge in [0.2, 0.25) is 0 Å². The largest absolute Gasteiger partial charge is 0.497 e. The first-order valence-corrected chi connectivity index (χ1v) is 11.4. The van der Waals surface area contributed by atoms with Crippen LogP contribution in [0.1, 0.15) is 39.0 Å². The normalized spacial score (nSPS) is 11.6. The molecule has 3 rings (SSSR count). The van der Waals surface area contributed by atoms with Crippen molar-refractivity contribution >= 4 is 0 Å². The molecule has 0 aliphatic rings. The maximum atomic E-state index is 9.57. The topological polar surface area (TPSA) is 95.2 Å². The highest BCUT2D eigenvalue weighted by atomic mass is 16.6. The Labute approximate surface area is 200 Å². The van der Waals surface area contributed by atoms with Crippen LogP contribution in [-0.2, 0) is 17.9 Å². The lowest BCUT2D eigenvalue weighted by atomic mass is 10.1. The lowest BCUT2D eigenvalue weighted by molar-refractivity contribution is -0.197. The summed E-state index contributed by atoms with van der Waals surface area (Å²) in [7, 11) is 1.62. The Morgan fingerprint density at radius 3 is 2.35 bits per heavy atom. The second-order valence-corrected chi connectivity index (χ2v) is 8.32. The third-order valence-corrected chi connectivity index (χ3v) is 5.36. The number of ether oxygens (including phenoxy) is 4. The van der Waals surface area contributed by atoms with Crippen molar-refractivity contribution in [2.24, 2.45) is 0 Å². The quantitative estimate of drug-likeness (QED) is 0.386. The molecule has 0 atom stereocenters. The highest BCUT2D eigenvalue weighted by molar-refractivity contribution is 5.65. The van der Waals surface area contributed by atoms with E-state index >= 15 is 0 Å². The van der Waals surface area contributed by atoms with Crippen molar-refractivity contribution in [2.75, 3.05) is 20.3 Å². The number of hydrogen-bond donors (Lipinski definition) is 2. The molecule has 0 bridgehead atoms. The molecular formula is C26H34N2O6. The summed E-state index contributed by atoms with van der Waals surface area (Å²) in [6.45, 7) is 8.79. The van der Waals surface area contributed by atoms with Crippen LogP contribution in [0.15, 0.2) is 48.5 Å². The molecule has 0 fully saturated rings. The van der Waals surface area contributed by atoms with Gasteiger partial charge in [0, 0.05) is 17.2 Å². The van der Waals surface area contributed by atoms with Crippen molar-refractivity contribution in [1.82, 2.24) is 9.78 Å². The van der Waals surface area contributed by atoms with Crippen LogP contribution < -0.4 is 14.2 Å². The lowest BCUT2D eigenvalue weighted by Crippen LogP contribution is -2.38. The summed E-state index contributed by atoms with van der Waals surface area (Å²) in [5.41, 5.74) is 2.21. The molecule has 1 heterocycles. The zero-order valence-corrected chi connectivity index (χ0v) is 20.4. The van der Waals surface area contributed by atoms with E-state index in [-0.39, 0.29) is 6.61 Å². The van der Waals surface area contributed by atoms with Gasteiger partial charge in [0.25, 0.3) is 0 Å². The van der Waals surface area contributed by atoms with Crippen LogP contribution >= 0.6 is 0 Å². The van der Waals surface area contributed by atoms with Crippen LogP contribution in [0.4, 0.5) is 0 Å². The summed E-state index contributed by atoms with van der Waals surface area (Å²) < 4.78 is 24.7. The monoisotopic (exact) mass is 470 g/mol. The number of nitrogens with zero attached hydrogens (tertiary/aromatic N) is 2. The Balaban J connectivity index is 2.03. The van der Waals surface area contributed by atoms with Crippen molar-refractivity contribution in [2.45, 2.75) is 52.7 Å². The van der Waals surface area contributed by atoms with Crippen molar-refractivity contribution in [1.29, 1.82) is 0 Å². The maximum Gasteiger partial charge on any atom is 0.180 e. The summed E-state index contributed by atoms with van der Waals surface area (Å²) in [6.07, 6.45) is -1.61. The predicted octanol–water partition coefficient (Wildman–Crippen LogP) is 4.01. The van der Waals surface area contributed by atoms with Gasteiger partial charge in [-0.15, -0.1) is 0 Å². The van der Waals surface area contributed by atoms with Gasteiger partial charge in [0.05, 0.1) is 44.9 Å². The minimum absolute atomic E-state index is 0.111. The van der Waals surface area contributed by atoms with E-state index < -0.39 is 11.9 Å². The van der Waals surface area contributed by atoms with Crippen LogP contribution in [0.5, 0.6) is 17.2 Å². The Bertz CT molecular complexity index is 1080. The number of aliphatic hydroxyl groups excluding tert-OH is 1. The minimum Gasteiger partial charge on any atom is -0.497 e. The van der Waals surface area contributed by atoms with Gasteiger partial charge in [-0.3, -0.25) is 4.68 Å². The van der Waals surface area contributed by atoms with Gasteiger partial charge in [0.1, 0.15) is 22.8 Å². The Morgan fingerprint density at radius 2 is 1.68 bits per heavy atom. The fourth-order valence-electron chi connectivity index (χ4n) is 3.41. The van der Waals surface area contributed by atoms with Gasteiger partial charge < -0.3 is 29.2 Å². The van der Waals surface area contributed by atoms with Gasteiger partial charge in [0.15, 0.2) is 6.29 Å². The first kappa shape index (κ1) is 25.6. The number of rotatable bonds is 12. The second-order valence-electron chi connectivity index (χ2n) is 8.32. The molecule has 0 saturated carbocycles. The molecule has 3 aromatic rings. The molecule has 0 radical (unpaired) electrons. The van der Waals surface area contributed by atoms with Crippen LogP contribution in [0.25, 0.3) is 11.3 Å². The van der Waals surface area contributed by atoms with Crippen molar-refractivity contribution in [3.63, 3.8) is 0 Å². The van der Waals surface area contributed by atoms with Gasteiger partial charge in [-0.1, -0.05) is 18.2 Å². The van der Waals surface area contributed by atoms with Gasteiger partial charge in [-0.2, -0.15) is 5.10 Å². The minimum atomic E-state index is -1.61. The SMILES string of the molecule is CCOc1cc(OC)cc(-c2cc(COC(C)(C)C(O)O)nn2Cc2ccccc2OCC)c1. The fraction of sp³-hybridized carbons (Fsp3) is 0.423. The third kappa shape index (κ3) is 6.28. The average molecular weight is 471 g/mol. The number of aliphatic hydroxyl groups is 2. The summed E-state index contributed by atoms with van der Waals surface area (Å²) in [4.78, 5) is 0. The number of benzene rings is 2. The summed E-state index contributed by atoms with van der Waals surface area (Å²) in [5, 5.41) is 23.9. The Morgan fingerprint density at radius 1 is 0.971 bits per heavy atom. The Kier molecular flexibility index (Phi) is 8.55. The highest BCUT2D eigenvalue weighted by Gasteiger charge is 2.27. The van der Waals surface area contributed by atoms with Gasteiger partial charge >= 0.3 is 0 Å². The number of methoxy groups -OCH3 is 1. The van der Waals surface area contributed by atoms with Crippen LogP contribution in [0, 0.1) is 0 Å². The van der Waals surface area contributed by atoms with Gasteiger partial charge in [-0.25, -0.2) is 0 Å². The van der Waals surface area contributed by atoms with E-state index in [1.165, 1.54) is 0 Å².